The second-order valence-electron chi connectivity index (χ2n) is 5.21. The minimum absolute atomic E-state index is 0.0318. The van der Waals surface area contributed by atoms with Crippen LogP contribution in [0.4, 0.5) is 5.69 Å². The number of rotatable bonds is 5. The van der Waals surface area contributed by atoms with Crippen LogP contribution in [0.5, 0.6) is 0 Å². The molecule has 0 aliphatic heterocycles. The fourth-order valence-corrected chi connectivity index (χ4v) is 2.17. The molecule has 2 aromatic carbocycles. The molecule has 110 valence electrons. The Morgan fingerprint density at radius 1 is 1.05 bits per heavy atom. The van der Waals surface area contributed by atoms with Gasteiger partial charge in [-0.1, -0.05) is 29.8 Å². The first-order chi connectivity index (χ1) is 10.1. The topological polar surface area (TPSA) is 41.1 Å². The van der Waals surface area contributed by atoms with Gasteiger partial charge in [-0.05, 0) is 50.6 Å². The van der Waals surface area contributed by atoms with Crippen molar-refractivity contribution in [2.45, 2.75) is 26.8 Å². The van der Waals surface area contributed by atoms with Crippen LogP contribution in [0, 0.1) is 6.92 Å². The average molecular weight is 282 g/mol. The van der Waals surface area contributed by atoms with E-state index in [1.165, 1.54) is 11.1 Å². The van der Waals surface area contributed by atoms with Crippen LogP contribution >= 0.6 is 0 Å². The molecule has 0 fully saturated rings. The van der Waals surface area contributed by atoms with Crippen LogP contribution in [0.15, 0.2) is 48.5 Å². The predicted octanol–water partition coefficient (Wildman–Crippen LogP) is 3.92. The normalized spacial score (nSPS) is 11.8. The van der Waals surface area contributed by atoms with Crippen LogP contribution in [0.1, 0.15) is 41.4 Å². The van der Waals surface area contributed by atoms with Crippen molar-refractivity contribution < 1.29 is 4.79 Å². The monoisotopic (exact) mass is 282 g/mol. The van der Waals surface area contributed by atoms with E-state index in [4.69, 9.17) is 0 Å². The summed E-state index contributed by atoms with van der Waals surface area (Å²) >= 11 is 0. The Kier molecular flexibility index (Phi) is 4.99. The zero-order chi connectivity index (χ0) is 15.2. The zero-order valence-corrected chi connectivity index (χ0v) is 12.8. The van der Waals surface area contributed by atoms with Gasteiger partial charge in [-0.3, -0.25) is 4.79 Å². The molecule has 0 spiro atoms. The van der Waals surface area contributed by atoms with Crippen molar-refractivity contribution in [3.05, 3.63) is 65.2 Å². The summed E-state index contributed by atoms with van der Waals surface area (Å²) < 4.78 is 0. The molecule has 0 aromatic heterocycles. The Bertz CT molecular complexity index is 588. The Balaban J connectivity index is 2.02. The molecule has 2 N–H and O–H groups in total. The molecule has 3 heteroatoms. The Hall–Kier alpha value is -2.29. The third-order valence-corrected chi connectivity index (χ3v) is 3.44. The maximum absolute atomic E-state index is 11.7. The number of benzene rings is 2. The van der Waals surface area contributed by atoms with E-state index in [0.717, 1.165) is 5.69 Å². The lowest BCUT2D eigenvalue weighted by molar-refractivity contribution is 0.0956. The molecule has 0 radical (unpaired) electrons. The minimum atomic E-state index is -0.0318. The highest BCUT2D eigenvalue weighted by molar-refractivity contribution is 5.94. The number of hydrogen-bond donors (Lipinski definition) is 2. The fourth-order valence-electron chi connectivity index (χ4n) is 2.17. The van der Waals surface area contributed by atoms with Gasteiger partial charge in [0.25, 0.3) is 5.91 Å². The molecule has 0 saturated heterocycles. The fraction of sp³-hybridized carbons (Fsp3) is 0.278. The van der Waals surface area contributed by atoms with E-state index >= 15 is 0 Å². The number of amides is 1. The Morgan fingerprint density at radius 3 is 2.24 bits per heavy atom. The minimum Gasteiger partial charge on any atom is -0.379 e. The highest BCUT2D eigenvalue weighted by Crippen LogP contribution is 2.20. The third-order valence-electron chi connectivity index (χ3n) is 3.44. The predicted molar refractivity (Wildman–Crippen MR) is 87.7 cm³/mol. The first kappa shape index (κ1) is 15.1. The number of anilines is 1. The van der Waals surface area contributed by atoms with E-state index in [1.807, 2.05) is 31.2 Å². The molecule has 0 bridgehead atoms. The van der Waals surface area contributed by atoms with Crippen molar-refractivity contribution in [1.82, 2.24) is 5.32 Å². The summed E-state index contributed by atoms with van der Waals surface area (Å²) in [5, 5.41) is 6.24. The van der Waals surface area contributed by atoms with Crippen molar-refractivity contribution in [3.63, 3.8) is 0 Å². The van der Waals surface area contributed by atoms with Gasteiger partial charge < -0.3 is 10.6 Å². The second kappa shape index (κ2) is 6.93. The number of hydrogen-bond acceptors (Lipinski definition) is 2. The molecule has 1 atom stereocenters. The molecule has 1 unspecified atom stereocenters. The van der Waals surface area contributed by atoms with Crippen molar-refractivity contribution in [3.8, 4) is 0 Å². The number of nitrogens with one attached hydrogen (secondary N) is 2. The van der Waals surface area contributed by atoms with Crippen LogP contribution in [0.25, 0.3) is 0 Å². The molecule has 2 rings (SSSR count). The van der Waals surface area contributed by atoms with E-state index in [9.17, 15) is 4.79 Å². The Labute approximate surface area is 126 Å². The highest BCUT2D eigenvalue weighted by atomic mass is 16.1. The van der Waals surface area contributed by atoms with Crippen LogP contribution < -0.4 is 10.6 Å². The van der Waals surface area contributed by atoms with E-state index in [2.05, 4.69) is 48.7 Å². The lowest BCUT2D eigenvalue weighted by Gasteiger charge is -2.16. The molecule has 2 aromatic rings. The van der Waals surface area contributed by atoms with E-state index in [0.29, 0.717) is 12.1 Å². The maximum atomic E-state index is 11.7. The molecular weight excluding hydrogens is 260 g/mol. The van der Waals surface area contributed by atoms with Gasteiger partial charge in [0, 0.05) is 23.8 Å². The molecule has 0 aliphatic carbocycles. The molecule has 0 aliphatic rings. The van der Waals surface area contributed by atoms with Gasteiger partial charge in [-0.15, -0.1) is 0 Å². The largest absolute Gasteiger partial charge is 0.379 e. The van der Waals surface area contributed by atoms with Gasteiger partial charge >= 0.3 is 0 Å². The van der Waals surface area contributed by atoms with Crippen LogP contribution in [0.3, 0.4) is 0 Å². The van der Waals surface area contributed by atoms with Crippen LogP contribution in [-0.2, 0) is 0 Å². The number of carbonyl (C=O) groups excluding carboxylic acids is 1. The summed E-state index contributed by atoms with van der Waals surface area (Å²) in [5.41, 5.74) is 4.20. The lowest BCUT2D eigenvalue weighted by atomic mass is 10.1. The van der Waals surface area contributed by atoms with E-state index in [-0.39, 0.29) is 11.9 Å². The van der Waals surface area contributed by atoms with Crippen LogP contribution in [0.2, 0.25) is 0 Å². The van der Waals surface area contributed by atoms with Crippen LogP contribution in [-0.4, -0.2) is 12.5 Å². The zero-order valence-electron chi connectivity index (χ0n) is 12.8. The molecular formula is C18H22N2O. The second-order valence-corrected chi connectivity index (χ2v) is 5.21. The summed E-state index contributed by atoms with van der Waals surface area (Å²) in [7, 11) is 0. The van der Waals surface area contributed by atoms with Crippen molar-refractivity contribution in [2.24, 2.45) is 0 Å². The van der Waals surface area contributed by atoms with Crippen molar-refractivity contribution in [2.75, 3.05) is 11.9 Å². The molecule has 0 saturated carbocycles. The van der Waals surface area contributed by atoms with Gasteiger partial charge in [0.1, 0.15) is 0 Å². The summed E-state index contributed by atoms with van der Waals surface area (Å²) in [6.07, 6.45) is 0. The molecule has 0 heterocycles. The van der Waals surface area contributed by atoms with E-state index in [1.54, 1.807) is 0 Å². The van der Waals surface area contributed by atoms with Gasteiger partial charge in [0.15, 0.2) is 0 Å². The quantitative estimate of drug-likeness (QED) is 0.872. The van der Waals surface area contributed by atoms with Gasteiger partial charge in [0.05, 0.1) is 0 Å². The van der Waals surface area contributed by atoms with Crippen molar-refractivity contribution in [1.29, 1.82) is 0 Å². The van der Waals surface area contributed by atoms with Gasteiger partial charge in [-0.25, -0.2) is 0 Å². The summed E-state index contributed by atoms with van der Waals surface area (Å²) in [6.45, 7) is 6.77. The average Bonchev–Trinajstić information content (AvgIpc) is 2.49. The van der Waals surface area contributed by atoms with Crippen molar-refractivity contribution >= 4 is 11.6 Å². The SMILES string of the molecule is CCNC(=O)c1ccc(NC(C)c2ccc(C)cc2)cc1. The number of carbonyl (C=O) groups is 1. The Morgan fingerprint density at radius 2 is 1.67 bits per heavy atom. The van der Waals surface area contributed by atoms with E-state index < -0.39 is 0 Å². The maximum Gasteiger partial charge on any atom is 0.251 e. The standard InChI is InChI=1S/C18H22N2O/c1-4-19-18(21)16-9-11-17(12-10-16)20-14(3)15-7-5-13(2)6-8-15/h5-12,14,20H,4H2,1-3H3,(H,19,21). The molecule has 21 heavy (non-hydrogen) atoms. The smallest absolute Gasteiger partial charge is 0.251 e. The molecule has 1 amide bonds. The summed E-state index contributed by atoms with van der Waals surface area (Å²) in [6, 6.07) is 16.3. The third kappa shape index (κ3) is 4.09. The first-order valence-electron chi connectivity index (χ1n) is 7.31. The van der Waals surface area contributed by atoms with Gasteiger partial charge in [0.2, 0.25) is 0 Å². The highest BCUT2D eigenvalue weighted by Gasteiger charge is 2.07. The first-order valence-corrected chi connectivity index (χ1v) is 7.31. The van der Waals surface area contributed by atoms with Gasteiger partial charge in [-0.2, -0.15) is 0 Å². The lowest BCUT2D eigenvalue weighted by Crippen LogP contribution is -2.22. The molecule has 3 nitrogen and oxygen atoms in total. The summed E-state index contributed by atoms with van der Waals surface area (Å²) in [5.74, 6) is -0.0318. The number of aryl methyl sites for hydroxylation is 1. The summed E-state index contributed by atoms with van der Waals surface area (Å²) in [4.78, 5) is 11.7.